The predicted molar refractivity (Wildman–Crippen MR) is 49.9 cm³/mol. The van der Waals surface area contributed by atoms with Gasteiger partial charge in [-0.2, -0.15) is 8.78 Å². The van der Waals surface area contributed by atoms with Crippen LogP contribution in [0.2, 0.25) is 0 Å². The summed E-state index contributed by atoms with van der Waals surface area (Å²) in [5, 5.41) is 0. The summed E-state index contributed by atoms with van der Waals surface area (Å²) in [4.78, 5) is 3.69. The van der Waals surface area contributed by atoms with Crippen molar-refractivity contribution in [2.75, 3.05) is 0 Å². The summed E-state index contributed by atoms with van der Waals surface area (Å²) < 4.78 is 25.1. The van der Waals surface area contributed by atoms with Crippen LogP contribution in [0, 0.1) is 6.92 Å². The minimum absolute atomic E-state index is 0.169. The zero-order valence-electron chi connectivity index (χ0n) is 8.44. The van der Waals surface area contributed by atoms with Gasteiger partial charge >= 0.3 is 0 Å². The van der Waals surface area contributed by atoms with Crippen molar-refractivity contribution in [3.63, 3.8) is 0 Å². The van der Waals surface area contributed by atoms with Crippen molar-refractivity contribution in [3.05, 3.63) is 29.6 Å². The summed E-state index contributed by atoms with van der Waals surface area (Å²) in [5.41, 5.74) is 0.446. The van der Waals surface area contributed by atoms with Crippen LogP contribution in [0.3, 0.4) is 0 Å². The molecule has 0 aromatic carbocycles. The third kappa shape index (κ3) is 3.97. The number of rotatable bonds is 1. The molecule has 1 nitrogen and oxygen atoms in total. The minimum Gasteiger partial charge on any atom is -0.252 e. The van der Waals surface area contributed by atoms with Crippen LogP contribution in [-0.4, -0.2) is 4.98 Å². The van der Waals surface area contributed by atoms with Gasteiger partial charge in [-0.15, -0.1) is 0 Å². The number of hydrogen-bond acceptors (Lipinski definition) is 1. The Hall–Kier alpha value is -0.990. The number of hydrogen-bond donors (Lipinski definition) is 0. The Morgan fingerprint density at radius 2 is 1.77 bits per heavy atom. The van der Waals surface area contributed by atoms with Gasteiger partial charge in [0.25, 0.3) is 5.92 Å². The van der Waals surface area contributed by atoms with Gasteiger partial charge in [-0.05, 0) is 19.1 Å². The fourth-order valence-electron chi connectivity index (χ4n) is 0.788. The van der Waals surface area contributed by atoms with E-state index in [9.17, 15) is 8.78 Å². The maximum Gasteiger partial charge on any atom is 0.286 e. The van der Waals surface area contributed by atoms with Gasteiger partial charge in [-0.25, -0.2) is 0 Å². The number of aromatic nitrogens is 1. The molecular weight excluding hydrogens is 172 g/mol. The standard InChI is InChI=1S/C8H9F2N.C2H6/c1-6-4-3-5-7(11-6)8(2,9)10;1-2/h3-5H,1-2H3;1-2H3. The van der Waals surface area contributed by atoms with Crippen molar-refractivity contribution in [2.24, 2.45) is 0 Å². The lowest BCUT2D eigenvalue weighted by atomic mass is 10.2. The first-order valence-corrected chi connectivity index (χ1v) is 4.32. The predicted octanol–water partition coefficient (Wildman–Crippen LogP) is 3.53. The Kier molecular flexibility index (Phi) is 4.52. The van der Waals surface area contributed by atoms with Gasteiger partial charge in [0, 0.05) is 12.6 Å². The Bertz CT molecular complexity index is 253. The normalized spacial score (nSPS) is 10.3. The quantitative estimate of drug-likeness (QED) is 0.655. The van der Waals surface area contributed by atoms with Crippen molar-refractivity contribution in [1.82, 2.24) is 4.98 Å². The van der Waals surface area contributed by atoms with E-state index < -0.39 is 5.92 Å². The highest BCUT2D eigenvalue weighted by Crippen LogP contribution is 2.24. The average molecular weight is 187 g/mol. The molecule has 0 spiro atoms. The van der Waals surface area contributed by atoms with Crippen molar-refractivity contribution in [1.29, 1.82) is 0 Å². The van der Waals surface area contributed by atoms with Crippen molar-refractivity contribution in [3.8, 4) is 0 Å². The lowest BCUT2D eigenvalue weighted by molar-refractivity contribution is 0.0126. The molecule has 3 heteroatoms. The zero-order chi connectivity index (χ0) is 10.5. The Morgan fingerprint density at radius 3 is 2.08 bits per heavy atom. The van der Waals surface area contributed by atoms with Gasteiger partial charge in [-0.1, -0.05) is 19.9 Å². The SMILES string of the molecule is CC.Cc1cccc(C(C)(F)F)n1. The molecule has 0 aliphatic carbocycles. The van der Waals surface area contributed by atoms with E-state index in [-0.39, 0.29) is 5.69 Å². The summed E-state index contributed by atoms with van der Waals surface area (Å²) >= 11 is 0. The highest BCUT2D eigenvalue weighted by Gasteiger charge is 2.25. The summed E-state index contributed by atoms with van der Waals surface area (Å²) in [6.07, 6.45) is 0. The number of halogens is 2. The van der Waals surface area contributed by atoms with E-state index in [0.717, 1.165) is 6.92 Å². The molecule has 0 N–H and O–H groups in total. The molecule has 1 aromatic rings. The van der Waals surface area contributed by atoms with Crippen LogP contribution < -0.4 is 0 Å². The molecule has 0 amide bonds. The molecular formula is C10H15F2N. The second-order valence-corrected chi connectivity index (χ2v) is 2.55. The van der Waals surface area contributed by atoms with Gasteiger partial charge in [0.15, 0.2) is 0 Å². The fraction of sp³-hybridized carbons (Fsp3) is 0.500. The molecule has 0 radical (unpaired) electrons. The summed E-state index contributed by atoms with van der Waals surface area (Å²) in [6, 6.07) is 4.59. The molecule has 1 heterocycles. The smallest absolute Gasteiger partial charge is 0.252 e. The van der Waals surface area contributed by atoms with E-state index in [1.54, 1.807) is 19.1 Å². The lowest BCUT2D eigenvalue weighted by Gasteiger charge is -2.08. The molecule has 0 saturated carbocycles. The summed E-state index contributed by atoms with van der Waals surface area (Å²) in [6.45, 7) is 6.53. The first-order chi connectivity index (χ1) is 6.00. The number of alkyl halides is 2. The second-order valence-electron chi connectivity index (χ2n) is 2.55. The Balaban J connectivity index is 0.000000671. The van der Waals surface area contributed by atoms with Gasteiger partial charge in [0.05, 0.1) is 0 Å². The molecule has 0 saturated heterocycles. The maximum atomic E-state index is 12.6. The molecule has 0 fully saturated rings. The molecule has 1 rings (SSSR count). The van der Waals surface area contributed by atoms with E-state index in [2.05, 4.69) is 4.98 Å². The minimum atomic E-state index is -2.83. The van der Waals surface area contributed by atoms with Crippen LogP contribution in [0.15, 0.2) is 18.2 Å². The first kappa shape index (κ1) is 12.0. The Morgan fingerprint density at radius 1 is 1.23 bits per heavy atom. The highest BCUT2D eigenvalue weighted by atomic mass is 19.3. The van der Waals surface area contributed by atoms with E-state index in [1.165, 1.54) is 6.07 Å². The molecule has 74 valence electrons. The third-order valence-electron chi connectivity index (χ3n) is 1.34. The number of aryl methyl sites for hydroxylation is 1. The van der Waals surface area contributed by atoms with Crippen LogP contribution in [0.1, 0.15) is 32.2 Å². The second kappa shape index (κ2) is 4.90. The topological polar surface area (TPSA) is 12.9 Å². The first-order valence-electron chi connectivity index (χ1n) is 4.32. The lowest BCUT2D eigenvalue weighted by Crippen LogP contribution is -2.09. The third-order valence-corrected chi connectivity index (χ3v) is 1.34. The van der Waals surface area contributed by atoms with E-state index in [0.29, 0.717) is 5.69 Å². The maximum absolute atomic E-state index is 12.6. The van der Waals surface area contributed by atoms with Crippen LogP contribution in [0.4, 0.5) is 8.78 Å². The molecule has 1 aromatic heterocycles. The fourth-order valence-corrected chi connectivity index (χ4v) is 0.788. The highest BCUT2D eigenvalue weighted by molar-refractivity contribution is 5.13. The van der Waals surface area contributed by atoms with Gasteiger partial charge in [0.1, 0.15) is 5.69 Å². The van der Waals surface area contributed by atoms with Crippen molar-refractivity contribution >= 4 is 0 Å². The molecule has 0 unspecified atom stereocenters. The summed E-state index contributed by atoms with van der Waals surface area (Å²) in [7, 11) is 0. The van der Waals surface area contributed by atoms with Crippen LogP contribution >= 0.6 is 0 Å². The molecule has 0 bridgehead atoms. The van der Waals surface area contributed by atoms with Crippen molar-refractivity contribution < 1.29 is 8.78 Å². The molecule has 13 heavy (non-hydrogen) atoms. The van der Waals surface area contributed by atoms with E-state index in [4.69, 9.17) is 0 Å². The number of pyridine rings is 1. The average Bonchev–Trinajstić information content (AvgIpc) is 2.06. The largest absolute Gasteiger partial charge is 0.286 e. The number of nitrogens with zero attached hydrogens (tertiary/aromatic N) is 1. The Labute approximate surface area is 77.8 Å². The monoisotopic (exact) mass is 187 g/mol. The van der Waals surface area contributed by atoms with Crippen LogP contribution in [0.25, 0.3) is 0 Å². The van der Waals surface area contributed by atoms with Gasteiger partial charge in [-0.3, -0.25) is 4.98 Å². The molecule has 0 atom stereocenters. The van der Waals surface area contributed by atoms with Gasteiger partial charge in [0.2, 0.25) is 0 Å². The van der Waals surface area contributed by atoms with E-state index >= 15 is 0 Å². The zero-order valence-corrected chi connectivity index (χ0v) is 8.44. The molecule has 0 aliphatic rings. The summed E-state index contributed by atoms with van der Waals surface area (Å²) in [5.74, 6) is -2.83. The van der Waals surface area contributed by atoms with Crippen LogP contribution in [-0.2, 0) is 5.92 Å². The van der Waals surface area contributed by atoms with Crippen LogP contribution in [0.5, 0.6) is 0 Å². The van der Waals surface area contributed by atoms with E-state index in [1.807, 2.05) is 13.8 Å². The van der Waals surface area contributed by atoms with Gasteiger partial charge < -0.3 is 0 Å². The molecule has 0 aliphatic heterocycles. The van der Waals surface area contributed by atoms with Crippen molar-refractivity contribution in [2.45, 2.75) is 33.6 Å².